The number of hydrogen-bond donors (Lipinski definition) is 0. The highest BCUT2D eigenvalue weighted by molar-refractivity contribution is 5.42. The second kappa shape index (κ2) is 5.74. The van der Waals surface area contributed by atoms with Crippen LogP contribution in [0.2, 0.25) is 0 Å². The lowest BCUT2D eigenvalue weighted by Crippen LogP contribution is -2.07. The van der Waals surface area contributed by atoms with Gasteiger partial charge in [-0.3, -0.25) is 0 Å². The molecule has 2 aliphatic carbocycles. The fraction of sp³-hybridized carbons (Fsp3) is 0.467. The Hall–Kier alpha value is -1.24. The van der Waals surface area contributed by atoms with E-state index in [4.69, 9.17) is 0 Å². The van der Waals surface area contributed by atoms with Crippen molar-refractivity contribution in [1.82, 2.24) is 0 Å². The van der Waals surface area contributed by atoms with Crippen molar-refractivity contribution in [2.45, 2.75) is 44.9 Å². The van der Waals surface area contributed by atoms with E-state index in [1.807, 2.05) is 24.3 Å². The molecule has 0 unspecified atom stereocenters. The maximum atomic E-state index is 11.9. The van der Waals surface area contributed by atoms with Crippen molar-refractivity contribution < 1.29 is 5.11 Å². The van der Waals surface area contributed by atoms with Gasteiger partial charge in [0.25, 0.3) is 0 Å². The zero-order chi connectivity index (χ0) is 11.2. The third-order valence-corrected chi connectivity index (χ3v) is 3.26. The summed E-state index contributed by atoms with van der Waals surface area (Å²) in [4.78, 5) is 0. The molecule has 16 heavy (non-hydrogen) atoms. The van der Waals surface area contributed by atoms with Crippen LogP contribution in [0, 0.1) is 0 Å². The van der Waals surface area contributed by atoms with Crippen LogP contribution >= 0.6 is 0 Å². The van der Waals surface area contributed by atoms with Gasteiger partial charge in [-0.1, -0.05) is 48.8 Å². The van der Waals surface area contributed by atoms with Gasteiger partial charge in [-0.15, -0.1) is 5.76 Å². The van der Waals surface area contributed by atoms with Crippen LogP contribution in [-0.2, 0) is 0 Å². The van der Waals surface area contributed by atoms with Gasteiger partial charge in [0.15, 0.2) is 0 Å². The molecule has 1 heteroatoms. The van der Waals surface area contributed by atoms with Crippen LogP contribution in [0.15, 0.2) is 47.3 Å². The average molecular weight is 215 g/mol. The van der Waals surface area contributed by atoms with E-state index in [0.717, 1.165) is 18.4 Å². The smallest absolute Gasteiger partial charge is 0.0205 e. The van der Waals surface area contributed by atoms with Gasteiger partial charge in [-0.25, -0.2) is 0 Å². The van der Waals surface area contributed by atoms with E-state index in [-0.39, 0.29) is 5.76 Å². The summed E-state index contributed by atoms with van der Waals surface area (Å²) in [6.45, 7) is 0. The van der Waals surface area contributed by atoms with Crippen LogP contribution in [0.4, 0.5) is 0 Å². The lowest BCUT2D eigenvalue weighted by atomic mass is 9.96. The van der Waals surface area contributed by atoms with E-state index >= 15 is 0 Å². The van der Waals surface area contributed by atoms with Gasteiger partial charge < -0.3 is 5.11 Å². The molecule has 0 aromatic carbocycles. The quantitative estimate of drug-likeness (QED) is 0.511. The molecule has 0 aromatic rings. The minimum Gasteiger partial charge on any atom is -0.875 e. The monoisotopic (exact) mass is 215 g/mol. The summed E-state index contributed by atoms with van der Waals surface area (Å²) in [5.41, 5.74) is 2.22. The van der Waals surface area contributed by atoms with Crippen molar-refractivity contribution in [3.05, 3.63) is 47.3 Å². The summed E-state index contributed by atoms with van der Waals surface area (Å²) in [7, 11) is 0. The molecule has 86 valence electrons. The second-order valence-electron chi connectivity index (χ2n) is 4.59. The van der Waals surface area contributed by atoms with E-state index in [9.17, 15) is 5.11 Å². The van der Waals surface area contributed by atoms with Gasteiger partial charge >= 0.3 is 0 Å². The van der Waals surface area contributed by atoms with Gasteiger partial charge in [-0.05, 0) is 37.7 Å². The molecule has 0 fully saturated rings. The molecule has 0 bridgehead atoms. The van der Waals surface area contributed by atoms with Crippen LogP contribution in [-0.4, -0.2) is 0 Å². The molecule has 1 nitrogen and oxygen atoms in total. The first-order chi connectivity index (χ1) is 7.86. The molecule has 0 spiro atoms. The lowest BCUT2D eigenvalue weighted by Gasteiger charge is -2.18. The van der Waals surface area contributed by atoms with Crippen molar-refractivity contribution in [2.75, 3.05) is 0 Å². The predicted molar refractivity (Wildman–Crippen MR) is 65.7 cm³/mol. The first-order valence-corrected chi connectivity index (χ1v) is 6.29. The third kappa shape index (κ3) is 3.13. The molecule has 2 aliphatic rings. The summed E-state index contributed by atoms with van der Waals surface area (Å²) in [6, 6.07) is 0. The Balaban J connectivity index is 1.99. The molecule has 0 N–H and O–H groups in total. The van der Waals surface area contributed by atoms with E-state index in [0.29, 0.717) is 6.42 Å². The Morgan fingerprint density at radius 1 is 1.06 bits per heavy atom. The second-order valence-corrected chi connectivity index (χ2v) is 4.59. The van der Waals surface area contributed by atoms with E-state index in [1.165, 1.54) is 31.3 Å². The Labute approximate surface area is 97.9 Å². The minimum atomic E-state index is 0.275. The van der Waals surface area contributed by atoms with Crippen LogP contribution in [0.5, 0.6) is 0 Å². The number of rotatable bonds is 2. The Bertz CT molecular complexity index is 342. The molecule has 0 heterocycles. The third-order valence-electron chi connectivity index (χ3n) is 3.26. The van der Waals surface area contributed by atoms with Gasteiger partial charge in [0, 0.05) is 0 Å². The predicted octanol–water partition coefficient (Wildman–Crippen LogP) is 3.40. The molecule has 0 amide bonds. The zero-order valence-electron chi connectivity index (χ0n) is 9.74. The lowest BCUT2D eigenvalue weighted by molar-refractivity contribution is -0.306. The number of hydrogen-bond acceptors (Lipinski definition) is 1. The summed E-state index contributed by atoms with van der Waals surface area (Å²) < 4.78 is 0. The van der Waals surface area contributed by atoms with Crippen LogP contribution < -0.4 is 5.11 Å². The van der Waals surface area contributed by atoms with Crippen molar-refractivity contribution in [3.8, 4) is 0 Å². The molecule has 0 saturated carbocycles. The van der Waals surface area contributed by atoms with Gasteiger partial charge in [0.1, 0.15) is 0 Å². The highest BCUT2D eigenvalue weighted by Gasteiger charge is 2.03. The molecule has 0 atom stereocenters. The number of allylic oxidation sites excluding steroid dienone is 7. The van der Waals surface area contributed by atoms with Crippen LogP contribution in [0.1, 0.15) is 44.9 Å². The zero-order valence-corrected chi connectivity index (χ0v) is 9.74. The first-order valence-electron chi connectivity index (χ1n) is 6.29. The fourth-order valence-corrected chi connectivity index (χ4v) is 2.29. The van der Waals surface area contributed by atoms with Crippen LogP contribution in [0.3, 0.4) is 0 Å². The molecule has 0 radical (unpaired) electrons. The maximum absolute atomic E-state index is 11.9. The first kappa shape index (κ1) is 11.3. The summed E-state index contributed by atoms with van der Waals surface area (Å²) in [6.07, 6.45) is 18.1. The highest BCUT2D eigenvalue weighted by atomic mass is 16.3. The molecule has 0 saturated heterocycles. The van der Waals surface area contributed by atoms with Crippen molar-refractivity contribution in [2.24, 2.45) is 0 Å². The van der Waals surface area contributed by atoms with E-state index in [1.54, 1.807) is 0 Å². The van der Waals surface area contributed by atoms with Crippen molar-refractivity contribution in [3.63, 3.8) is 0 Å². The van der Waals surface area contributed by atoms with Gasteiger partial charge in [-0.2, -0.15) is 0 Å². The molecule has 0 aliphatic heterocycles. The van der Waals surface area contributed by atoms with Gasteiger partial charge in [0.2, 0.25) is 0 Å². The van der Waals surface area contributed by atoms with Crippen molar-refractivity contribution in [1.29, 1.82) is 0 Å². The van der Waals surface area contributed by atoms with Crippen molar-refractivity contribution >= 4 is 0 Å². The highest BCUT2D eigenvalue weighted by Crippen LogP contribution is 2.23. The summed E-state index contributed by atoms with van der Waals surface area (Å²) in [5, 5.41) is 11.9. The normalized spacial score (nSPS) is 20.5. The minimum absolute atomic E-state index is 0.275. The largest absolute Gasteiger partial charge is 0.875 e. The molecular formula is C15H19O-. The average Bonchev–Trinajstić information content (AvgIpc) is 2.74. The maximum Gasteiger partial charge on any atom is -0.0205 e. The Morgan fingerprint density at radius 3 is 2.62 bits per heavy atom. The van der Waals surface area contributed by atoms with Gasteiger partial charge in [0.05, 0.1) is 0 Å². The molecule has 2 rings (SSSR count). The fourth-order valence-electron chi connectivity index (χ4n) is 2.29. The Morgan fingerprint density at radius 2 is 1.81 bits per heavy atom. The van der Waals surface area contributed by atoms with E-state index < -0.39 is 0 Å². The summed E-state index contributed by atoms with van der Waals surface area (Å²) in [5.74, 6) is 0.275. The SMILES string of the molecule is [O-]C(CC1=CCCCCCC1)=C1C=CC=C1. The van der Waals surface area contributed by atoms with Crippen LogP contribution in [0.25, 0.3) is 0 Å². The molecular weight excluding hydrogens is 196 g/mol. The summed E-state index contributed by atoms with van der Waals surface area (Å²) >= 11 is 0. The molecule has 0 aromatic heterocycles. The standard InChI is InChI=1S/C15H20O/c16-15(14-10-6-7-11-14)12-13-8-4-2-1-3-5-9-13/h6-8,10-11,16H,1-5,9,12H2/p-1. The topological polar surface area (TPSA) is 23.1 Å². The van der Waals surface area contributed by atoms with E-state index in [2.05, 4.69) is 6.08 Å². The Kier molecular flexibility index (Phi) is 4.03.